The van der Waals surface area contributed by atoms with E-state index in [0.29, 0.717) is 5.41 Å². The maximum Gasteiger partial charge on any atom is 0.115 e. The summed E-state index contributed by atoms with van der Waals surface area (Å²) in [5, 5.41) is 0. The van der Waals surface area contributed by atoms with E-state index in [0.717, 1.165) is 19.6 Å². The van der Waals surface area contributed by atoms with E-state index in [-0.39, 0.29) is 0 Å². The molecule has 3 nitrogen and oxygen atoms in total. The molecule has 0 fully saturated rings. The fourth-order valence-corrected chi connectivity index (χ4v) is 1.95. The van der Waals surface area contributed by atoms with Crippen molar-refractivity contribution in [3.8, 4) is 0 Å². The quantitative estimate of drug-likeness (QED) is 0.678. The lowest BCUT2D eigenvalue weighted by molar-refractivity contribution is 0.192. The number of hydrogen-bond donors (Lipinski definition) is 0. The average molecular weight is 191 g/mol. The molecule has 0 amide bonds. The van der Waals surface area contributed by atoms with Gasteiger partial charge in [-0.05, 0) is 5.41 Å². The monoisotopic (exact) mass is 191 g/mol. The van der Waals surface area contributed by atoms with E-state index in [1.54, 1.807) is 6.33 Å². The summed E-state index contributed by atoms with van der Waals surface area (Å²) < 4.78 is 0. The van der Waals surface area contributed by atoms with E-state index in [1.165, 1.54) is 11.3 Å². The van der Waals surface area contributed by atoms with Crippen LogP contribution in [0.25, 0.3) is 0 Å². The Labute approximate surface area is 85.2 Å². The van der Waals surface area contributed by atoms with Crippen LogP contribution in [-0.4, -0.2) is 21.4 Å². The highest BCUT2D eigenvalue weighted by Gasteiger charge is 2.23. The molecular weight excluding hydrogens is 174 g/mol. The third kappa shape index (κ3) is 2.10. The first-order chi connectivity index (χ1) is 6.54. The summed E-state index contributed by atoms with van der Waals surface area (Å²) in [6.45, 7) is 9.90. The fourth-order valence-electron chi connectivity index (χ4n) is 1.95. The van der Waals surface area contributed by atoms with Gasteiger partial charge in [-0.3, -0.25) is 4.90 Å². The molecule has 0 saturated carbocycles. The molecule has 0 atom stereocenters. The molecule has 0 aliphatic carbocycles. The van der Waals surface area contributed by atoms with Gasteiger partial charge in [0.15, 0.2) is 0 Å². The second kappa shape index (κ2) is 3.31. The lowest BCUT2D eigenvalue weighted by Crippen LogP contribution is -2.28. The Kier molecular flexibility index (Phi) is 2.27. The van der Waals surface area contributed by atoms with Crippen LogP contribution in [0.1, 0.15) is 32.0 Å². The standard InChI is InChI=1S/C11H17N3/c1-11(2,3)7-14-5-9-4-12-8-13-10(9)6-14/h4,8H,5-7H2,1-3H3. The van der Waals surface area contributed by atoms with Crippen molar-refractivity contribution in [1.82, 2.24) is 14.9 Å². The summed E-state index contributed by atoms with van der Waals surface area (Å²) >= 11 is 0. The van der Waals surface area contributed by atoms with Gasteiger partial charge in [0.25, 0.3) is 0 Å². The third-order valence-electron chi connectivity index (χ3n) is 2.35. The molecule has 0 bridgehead atoms. The van der Waals surface area contributed by atoms with E-state index < -0.39 is 0 Å². The molecule has 0 spiro atoms. The lowest BCUT2D eigenvalue weighted by Gasteiger charge is -2.25. The zero-order chi connectivity index (χ0) is 10.2. The molecule has 1 aliphatic heterocycles. The summed E-state index contributed by atoms with van der Waals surface area (Å²) in [5.74, 6) is 0. The molecule has 76 valence electrons. The van der Waals surface area contributed by atoms with Crippen molar-refractivity contribution in [2.45, 2.75) is 33.9 Å². The van der Waals surface area contributed by atoms with Crippen molar-refractivity contribution in [2.24, 2.45) is 5.41 Å². The van der Waals surface area contributed by atoms with Crippen molar-refractivity contribution in [2.75, 3.05) is 6.54 Å². The predicted octanol–water partition coefficient (Wildman–Crippen LogP) is 1.84. The summed E-state index contributed by atoms with van der Waals surface area (Å²) in [7, 11) is 0. The number of fused-ring (bicyclic) bond motifs is 1. The topological polar surface area (TPSA) is 29.0 Å². The smallest absolute Gasteiger partial charge is 0.115 e. The molecule has 0 N–H and O–H groups in total. The van der Waals surface area contributed by atoms with Gasteiger partial charge in [0.05, 0.1) is 5.69 Å². The Morgan fingerprint density at radius 3 is 2.79 bits per heavy atom. The minimum atomic E-state index is 0.357. The minimum absolute atomic E-state index is 0.357. The first-order valence-electron chi connectivity index (χ1n) is 5.05. The zero-order valence-corrected chi connectivity index (χ0v) is 9.12. The first-order valence-corrected chi connectivity index (χ1v) is 5.05. The summed E-state index contributed by atoms with van der Waals surface area (Å²) in [6.07, 6.45) is 3.57. The minimum Gasteiger partial charge on any atom is -0.293 e. The second-order valence-corrected chi connectivity index (χ2v) is 5.20. The Morgan fingerprint density at radius 1 is 1.36 bits per heavy atom. The third-order valence-corrected chi connectivity index (χ3v) is 2.35. The molecule has 0 radical (unpaired) electrons. The number of hydrogen-bond acceptors (Lipinski definition) is 3. The van der Waals surface area contributed by atoms with Crippen LogP contribution in [-0.2, 0) is 13.1 Å². The van der Waals surface area contributed by atoms with Gasteiger partial charge in [0.1, 0.15) is 6.33 Å². The fraction of sp³-hybridized carbons (Fsp3) is 0.636. The zero-order valence-electron chi connectivity index (χ0n) is 9.12. The maximum atomic E-state index is 4.29. The van der Waals surface area contributed by atoms with Gasteiger partial charge in [-0.15, -0.1) is 0 Å². The number of aromatic nitrogens is 2. The number of nitrogens with zero attached hydrogens (tertiary/aromatic N) is 3. The highest BCUT2D eigenvalue weighted by Crippen LogP contribution is 2.24. The van der Waals surface area contributed by atoms with Crippen LogP contribution in [0.2, 0.25) is 0 Å². The Hall–Kier alpha value is -0.960. The molecule has 14 heavy (non-hydrogen) atoms. The SMILES string of the molecule is CC(C)(C)CN1Cc2cncnc2C1. The van der Waals surface area contributed by atoms with E-state index in [9.17, 15) is 0 Å². The van der Waals surface area contributed by atoms with Crippen molar-refractivity contribution in [3.63, 3.8) is 0 Å². The number of rotatable bonds is 1. The van der Waals surface area contributed by atoms with Crippen LogP contribution in [0, 0.1) is 5.41 Å². The second-order valence-electron chi connectivity index (χ2n) is 5.20. The lowest BCUT2D eigenvalue weighted by atomic mass is 9.96. The molecule has 1 aromatic heterocycles. The Morgan fingerprint density at radius 2 is 2.14 bits per heavy atom. The molecule has 0 aromatic carbocycles. The molecule has 0 unspecified atom stereocenters. The van der Waals surface area contributed by atoms with Gasteiger partial charge in [-0.2, -0.15) is 0 Å². The molecule has 2 rings (SSSR count). The largest absolute Gasteiger partial charge is 0.293 e. The Bertz CT molecular complexity index is 303. The molecule has 2 heterocycles. The molecule has 1 aromatic rings. The van der Waals surface area contributed by atoms with Gasteiger partial charge in [-0.25, -0.2) is 9.97 Å². The van der Waals surface area contributed by atoms with Gasteiger partial charge < -0.3 is 0 Å². The van der Waals surface area contributed by atoms with Gasteiger partial charge >= 0.3 is 0 Å². The van der Waals surface area contributed by atoms with Crippen LogP contribution in [0.15, 0.2) is 12.5 Å². The van der Waals surface area contributed by atoms with Crippen LogP contribution in [0.3, 0.4) is 0 Å². The normalized spacial score (nSPS) is 17.1. The Balaban J connectivity index is 2.05. The molecular formula is C11H17N3. The van der Waals surface area contributed by atoms with E-state index in [2.05, 4.69) is 35.6 Å². The van der Waals surface area contributed by atoms with Gasteiger partial charge in [0.2, 0.25) is 0 Å². The van der Waals surface area contributed by atoms with Crippen molar-refractivity contribution in [3.05, 3.63) is 23.8 Å². The van der Waals surface area contributed by atoms with Crippen LogP contribution in [0.4, 0.5) is 0 Å². The van der Waals surface area contributed by atoms with Crippen molar-refractivity contribution >= 4 is 0 Å². The molecule has 1 aliphatic rings. The molecule has 0 saturated heterocycles. The first kappa shape index (κ1) is 9.59. The van der Waals surface area contributed by atoms with E-state index >= 15 is 0 Å². The highest BCUT2D eigenvalue weighted by molar-refractivity contribution is 5.20. The average Bonchev–Trinajstić information content (AvgIpc) is 2.42. The van der Waals surface area contributed by atoms with Gasteiger partial charge in [-0.1, -0.05) is 20.8 Å². The summed E-state index contributed by atoms with van der Waals surface area (Å²) in [6, 6.07) is 0. The highest BCUT2D eigenvalue weighted by atomic mass is 15.2. The predicted molar refractivity (Wildman–Crippen MR) is 55.6 cm³/mol. The van der Waals surface area contributed by atoms with Crippen molar-refractivity contribution < 1.29 is 0 Å². The maximum absolute atomic E-state index is 4.29. The van der Waals surface area contributed by atoms with Crippen molar-refractivity contribution in [1.29, 1.82) is 0 Å². The van der Waals surface area contributed by atoms with Crippen LogP contribution in [0.5, 0.6) is 0 Å². The molecule has 3 heteroatoms. The summed E-state index contributed by atoms with van der Waals surface area (Å²) in [5.41, 5.74) is 2.84. The van der Waals surface area contributed by atoms with Crippen LogP contribution < -0.4 is 0 Å². The van der Waals surface area contributed by atoms with Gasteiger partial charge in [0, 0.05) is 31.4 Å². The van der Waals surface area contributed by atoms with E-state index in [4.69, 9.17) is 0 Å². The van der Waals surface area contributed by atoms with Crippen LogP contribution >= 0.6 is 0 Å². The van der Waals surface area contributed by atoms with E-state index in [1.807, 2.05) is 6.20 Å². The summed E-state index contributed by atoms with van der Waals surface area (Å²) in [4.78, 5) is 10.8.